The van der Waals surface area contributed by atoms with E-state index in [0.717, 1.165) is 12.3 Å². The number of hydrogen-bond acceptors (Lipinski definition) is 2. The lowest BCUT2D eigenvalue weighted by molar-refractivity contribution is 0.226. The monoisotopic (exact) mass is 185 g/mol. The van der Waals surface area contributed by atoms with Crippen LogP contribution in [0.4, 0.5) is 0 Å². The van der Waals surface area contributed by atoms with E-state index in [0.29, 0.717) is 12.1 Å². The number of aliphatic hydroxyl groups is 1. The highest BCUT2D eigenvalue weighted by Gasteiger charge is 2.24. The van der Waals surface area contributed by atoms with Crippen molar-refractivity contribution in [1.29, 1.82) is 0 Å². The summed E-state index contributed by atoms with van der Waals surface area (Å²) >= 11 is 0. The van der Waals surface area contributed by atoms with Crippen LogP contribution in [0.2, 0.25) is 0 Å². The van der Waals surface area contributed by atoms with Crippen LogP contribution in [0.25, 0.3) is 0 Å². The average molecular weight is 185 g/mol. The summed E-state index contributed by atoms with van der Waals surface area (Å²) in [4.78, 5) is 0. The van der Waals surface area contributed by atoms with Crippen molar-refractivity contribution in [2.45, 2.75) is 58.0 Å². The molecule has 0 heterocycles. The van der Waals surface area contributed by atoms with E-state index in [-0.39, 0.29) is 6.61 Å². The van der Waals surface area contributed by atoms with Crippen molar-refractivity contribution in [3.05, 3.63) is 0 Å². The molecule has 1 aliphatic carbocycles. The van der Waals surface area contributed by atoms with Gasteiger partial charge in [-0.05, 0) is 31.6 Å². The SMILES string of the molecule is CCC1CCC(N[C@H](CC)CO)C1. The summed E-state index contributed by atoms with van der Waals surface area (Å²) in [5, 5.41) is 12.6. The molecule has 0 aromatic carbocycles. The Hall–Kier alpha value is -0.0800. The number of hydrogen-bond donors (Lipinski definition) is 2. The fourth-order valence-corrected chi connectivity index (χ4v) is 2.23. The Morgan fingerprint density at radius 2 is 2.15 bits per heavy atom. The molecule has 0 aromatic rings. The Labute approximate surface area is 81.7 Å². The molecule has 1 rings (SSSR count). The zero-order chi connectivity index (χ0) is 9.68. The predicted octanol–water partition coefficient (Wildman–Crippen LogP) is 1.93. The van der Waals surface area contributed by atoms with Gasteiger partial charge in [0, 0.05) is 12.1 Å². The van der Waals surface area contributed by atoms with Crippen LogP contribution in [0.5, 0.6) is 0 Å². The molecule has 0 radical (unpaired) electrons. The first-order chi connectivity index (χ1) is 6.30. The van der Waals surface area contributed by atoms with E-state index in [1.807, 2.05) is 0 Å². The molecule has 0 bridgehead atoms. The number of nitrogens with one attached hydrogen (secondary N) is 1. The fraction of sp³-hybridized carbons (Fsp3) is 1.00. The predicted molar refractivity (Wildman–Crippen MR) is 55.7 cm³/mol. The summed E-state index contributed by atoms with van der Waals surface area (Å²) in [5.74, 6) is 0.925. The first-order valence-corrected chi connectivity index (χ1v) is 5.67. The molecule has 0 spiro atoms. The van der Waals surface area contributed by atoms with Gasteiger partial charge in [-0.1, -0.05) is 20.3 Å². The third-order valence-corrected chi connectivity index (χ3v) is 3.30. The van der Waals surface area contributed by atoms with Crippen LogP contribution < -0.4 is 5.32 Å². The van der Waals surface area contributed by atoms with E-state index in [1.165, 1.54) is 25.7 Å². The fourth-order valence-electron chi connectivity index (χ4n) is 2.23. The van der Waals surface area contributed by atoms with Crippen molar-refractivity contribution in [2.24, 2.45) is 5.92 Å². The topological polar surface area (TPSA) is 32.3 Å². The quantitative estimate of drug-likeness (QED) is 0.686. The lowest BCUT2D eigenvalue weighted by Crippen LogP contribution is -2.38. The molecule has 2 N–H and O–H groups in total. The maximum atomic E-state index is 9.05. The van der Waals surface area contributed by atoms with Gasteiger partial charge < -0.3 is 10.4 Å². The second-order valence-electron chi connectivity index (χ2n) is 4.24. The Morgan fingerprint density at radius 3 is 2.62 bits per heavy atom. The smallest absolute Gasteiger partial charge is 0.0584 e. The lowest BCUT2D eigenvalue weighted by Gasteiger charge is -2.19. The van der Waals surface area contributed by atoms with Crippen molar-refractivity contribution < 1.29 is 5.11 Å². The highest BCUT2D eigenvalue weighted by atomic mass is 16.3. The van der Waals surface area contributed by atoms with Gasteiger partial charge in [0.15, 0.2) is 0 Å². The van der Waals surface area contributed by atoms with Gasteiger partial charge in [0.05, 0.1) is 6.61 Å². The van der Waals surface area contributed by atoms with Gasteiger partial charge in [0.1, 0.15) is 0 Å². The summed E-state index contributed by atoms with van der Waals surface area (Å²) < 4.78 is 0. The summed E-state index contributed by atoms with van der Waals surface area (Å²) in [6.07, 6.45) is 6.33. The minimum absolute atomic E-state index is 0.282. The maximum absolute atomic E-state index is 9.05. The number of aliphatic hydroxyl groups excluding tert-OH is 1. The van der Waals surface area contributed by atoms with Crippen LogP contribution in [-0.2, 0) is 0 Å². The van der Waals surface area contributed by atoms with Crippen molar-refractivity contribution >= 4 is 0 Å². The largest absolute Gasteiger partial charge is 0.395 e. The summed E-state index contributed by atoms with van der Waals surface area (Å²) in [7, 11) is 0. The lowest BCUT2D eigenvalue weighted by atomic mass is 10.1. The molecule has 0 saturated heterocycles. The Kier molecular flexibility index (Phi) is 4.74. The standard InChI is InChI=1S/C11H23NO/c1-3-9-5-6-11(7-9)12-10(4-2)8-13/h9-13H,3-8H2,1-2H3/t9?,10-,11?/m1/s1. The minimum atomic E-state index is 0.282. The molecule has 2 nitrogen and oxygen atoms in total. The Morgan fingerprint density at radius 1 is 1.38 bits per heavy atom. The highest BCUT2D eigenvalue weighted by molar-refractivity contribution is 4.82. The minimum Gasteiger partial charge on any atom is -0.395 e. The van der Waals surface area contributed by atoms with Crippen molar-refractivity contribution in [3.8, 4) is 0 Å². The van der Waals surface area contributed by atoms with Crippen LogP contribution in [0, 0.1) is 5.92 Å². The average Bonchev–Trinajstić information content (AvgIpc) is 2.61. The van der Waals surface area contributed by atoms with Gasteiger partial charge in [0.25, 0.3) is 0 Å². The van der Waals surface area contributed by atoms with E-state index in [4.69, 9.17) is 5.11 Å². The van der Waals surface area contributed by atoms with E-state index in [9.17, 15) is 0 Å². The summed E-state index contributed by atoms with van der Waals surface area (Å²) in [6, 6.07) is 0.989. The van der Waals surface area contributed by atoms with E-state index < -0.39 is 0 Å². The van der Waals surface area contributed by atoms with Crippen molar-refractivity contribution in [3.63, 3.8) is 0 Å². The summed E-state index contributed by atoms with van der Waals surface area (Å²) in [5.41, 5.74) is 0. The molecule has 2 unspecified atom stereocenters. The van der Waals surface area contributed by atoms with Crippen molar-refractivity contribution in [2.75, 3.05) is 6.61 Å². The van der Waals surface area contributed by atoms with E-state index in [2.05, 4.69) is 19.2 Å². The van der Waals surface area contributed by atoms with Crippen LogP contribution >= 0.6 is 0 Å². The second-order valence-corrected chi connectivity index (χ2v) is 4.24. The zero-order valence-corrected chi connectivity index (χ0v) is 8.92. The maximum Gasteiger partial charge on any atom is 0.0584 e. The second kappa shape index (κ2) is 5.61. The van der Waals surface area contributed by atoms with Crippen molar-refractivity contribution in [1.82, 2.24) is 5.32 Å². The highest BCUT2D eigenvalue weighted by Crippen LogP contribution is 2.28. The van der Waals surface area contributed by atoms with Gasteiger partial charge in [-0.3, -0.25) is 0 Å². The molecule has 0 amide bonds. The van der Waals surface area contributed by atoms with E-state index in [1.54, 1.807) is 0 Å². The van der Waals surface area contributed by atoms with Crippen LogP contribution in [-0.4, -0.2) is 23.8 Å². The van der Waals surface area contributed by atoms with Gasteiger partial charge >= 0.3 is 0 Å². The molecule has 0 aromatic heterocycles. The van der Waals surface area contributed by atoms with Gasteiger partial charge in [-0.2, -0.15) is 0 Å². The van der Waals surface area contributed by atoms with Gasteiger partial charge in [-0.15, -0.1) is 0 Å². The van der Waals surface area contributed by atoms with Crippen LogP contribution in [0.1, 0.15) is 46.0 Å². The molecule has 13 heavy (non-hydrogen) atoms. The zero-order valence-electron chi connectivity index (χ0n) is 8.92. The van der Waals surface area contributed by atoms with E-state index >= 15 is 0 Å². The molecule has 1 fully saturated rings. The third kappa shape index (κ3) is 3.28. The Bertz CT molecular complexity index is 134. The summed E-state index contributed by atoms with van der Waals surface area (Å²) in [6.45, 7) is 4.68. The van der Waals surface area contributed by atoms with Gasteiger partial charge in [0.2, 0.25) is 0 Å². The molecule has 3 atom stereocenters. The van der Waals surface area contributed by atoms with Crippen LogP contribution in [0.3, 0.4) is 0 Å². The first kappa shape index (κ1) is 11.0. The molecule has 2 heteroatoms. The first-order valence-electron chi connectivity index (χ1n) is 5.67. The Balaban J connectivity index is 2.22. The third-order valence-electron chi connectivity index (χ3n) is 3.30. The molecule has 0 aliphatic heterocycles. The van der Waals surface area contributed by atoms with Crippen LogP contribution in [0.15, 0.2) is 0 Å². The molecule has 78 valence electrons. The molecular weight excluding hydrogens is 162 g/mol. The molecule has 1 aliphatic rings. The molecular formula is C11H23NO. The number of rotatable bonds is 5. The van der Waals surface area contributed by atoms with Gasteiger partial charge in [-0.25, -0.2) is 0 Å². The normalized spacial score (nSPS) is 30.7. The molecule has 1 saturated carbocycles.